The van der Waals surface area contributed by atoms with E-state index in [0.717, 1.165) is 13.0 Å². The Morgan fingerprint density at radius 1 is 1.70 bits per heavy atom. The van der Waals surface area contributed by atoms with Gasteiger partial charge in [-0.25, -0.2) is 4.79 Å². The van der Waals surface area contributed by atoms with Gasteiger partial charge in [-0.1, -0.05) is 12.2 Å². The maximum absolute atomic E-state index is 10.9. The molecular weight excluding hydrogens is 130 g/mol. The first-order chi connectivity index (χ1) is 4.88. The van der Waals surface area contributed by atoms with Gasteiger partial charge in [-0.15, -0.1) is 0 Å². The van der Waals surface area contributed by atoms with Crippen molar-refractivity contribution < 1.29 is 9.53 Å². The second kappa shape index (κ2) is 2.01. The molecule has 0 bridgehead atoms. The number of hydrogen-bond donors (Lipinski definition) is 0. The first-order valence-corrected chi connectivity index (χ1v) is 3.48. The highest BCUT2D eigenvalue weighted by atomic mass is 16.6. The Labute approximate surface area is 59.3 Å². The first-order valence-electron chi connectivity index (χ1n) is 3.48. The van der Waals surface area contributed by atoms with Crippen molar-refractivity contribution >= 4 is 6.09 Å². The quantitative estimate of drug-likeness (QED) is 0.464. The molecule has 0 spiro atoms. The average molecular weight is 139 g/mol. The highest BCUT2D eigenvalue weighted by molar-refractivity contribution is 5.70. The van der Waals surface area contributed by atoms with Crippen LogP contribution in [0.3, 0.4) is 0 Å². The van der Waals surface area contributed by atoms with Crippen LogP contribution in [0.25, 0.3) is 0 Å². The summed E-state index contributed by atoms with van der Waals surface area (Å²) < 4.78 is 4.84. The van der Waals surface area contributed by atoms with Gasteiger partial charge in [0.2, 0.25) is 0 Å². The van der Waals surface area contributed by atoms with Gasteiger partial charge in [0.1, 0.15) is 6.61 Å². The summed E-state index contributed by atoms with van der Waals surface area (Å²) in [4.78, 5) is 12.6. The van der Waals surface area contributed by atoms with Crippen LogP contribution in [0.4, 0.5) is 4.79 Å². The second-order valence-electron chi connectivity index (χ2n) is 2.55. The molecule has 1 saturated heterocycles. The Kier molecular flexibility index (Phi) is 1.16. The van der Waals surface area contributed by atoms with Crippen molar-refractivity contribution in [1.29, 1.82) is 0 Å². The minimum atomic E-state index is -0.158. The zero-order chi connectivity index (χ0) is 6.97. The van der Waals surface area contributed by atoms with Crippen LogP contribution in [0.15, 0.2) is 12.2 Å². The predicted molar refractivity (Wildman–Crippen MR) is 35.6 cm³/mol. The van der Waals surface area contributed by atoms with Crippen LogP contribution < -0.4 is 0 Å². The molecule has 0 unspecified atom stereocenters. The van der Waals surface area contributed by atoms with Gasteiger partial charge in [0, 0.05) is 6.54 Å². The van der Waals surface area contributed by atoms with E-state index in [1.54, 1.807) is 4.90 Å². The molecule has 0 N–H and O–H groups in total. The van der Waals surface area contributed by atoms with Crippen LogP contribution in [0.1, 0.15) is 6.42 Å². The van der Waals surface area contributed by atoms with Gasteiger partial charge in [0.25, 0.3) is 0 Å². The van der Waals surface area contributed by atoms with Crippen molar-refractivity contribution in [1.82, 2.24) is 4.90 Å². The van der Waals surface area contributed by atoms with Gasteiger partial charge in [0.05, 0.1) is 6.04 Å². The van der Waals surface area contributed by atoms with E-state index in [9.17, 15) is 4.79 Å². The molecule has 0 aromatic rings. The molecule has 54 valence electrons. The summed E-state index contributed by atoms with van der Waals surface area (Å²) in [5.74, 6) is 0. The lowest BCUT2D eigenvalue weighted by Crippen LogP contribution is -2.34. The highest BCUT2D eigenvalue weighted by Crippen LogP contribution is 2.17. The molecule has 0 aromatic heterocycles. The topological polar surface area (TPSA) is 29.5 Å². The van der Waals surface area contributed by atoms with Crippen molar-refractivity contribution in [3.63, 3.8) is 0 Å². The molecular formula is C7H9NO2. The van der Waals surface area contributed by atoms with E-state index in [4.69, 9.17) is 4.74 Å². The maximum atomic E-state index is 10.9. The lowest BCUT2D eigenvalue weighted by atomic mass is 10.2. The Hall–Kier alpha value is -0.990. The van der Waals surface area contributed by atoms with Gasteiger partial charge in [0.15, 0.2) is 0 Å². The Morgan fingerprint density at radius 2 is 2.60 bits per heavy atom. The van der Waals surface area contributed by atoms with Crippen LogP contribution in [0.5, 0.6) is 0 Å². The van der Waals surface area contributed by atoms with E-state index in [2.05, 4.69) is 6.08 Å². The molecule has 2 aliphatic heterocycles. The summed E-state index contributed by atoms with van der Waals surface area (Å²) in [7, 11) is 0. The molecule has 10 heavy (non-hydrogen) atoms. The molecule has 0 radical (unpaired) electrons. The van der Waals surface area contributed by atoms with E-state index >= 15 is 0 Å². The van der Waals surface area contributed by atoms with Crippen molar-refractivity contribution in [2.24, 2.45) is 0 Å². The average Bonchev–Trinajstić information content (AvgIpc) is 2.34. The van der Waals surface area contributed by atoms with Crippen molar-refractivity contribution in [3.05, 3.63) is 12.2 Å². The molecule has 2 aliphatic rings. The number of fused-ring (bicyclic) bond motifs is 1. The van der Waals surface area contributed by atoms with Crippen molar-refractivity contribution in [2.75, 3.05) is 13.2 Å². The smallest absolute Gasteiger partial charge is 0.410 e. The number of hydrogen-bond acceptors (Lipinski definition) is 2. The fourth-order valence-corrected chi connectivity index (χ4v) is 1.35. The van der Waals surface area contributed by atoms with Crippen LogP contribution in [-0.4, -0.2) is 30.2 Å². The third kappa shape index (κ3) is 0.701. The van der Waals surface area contributed by atoms with Gasteiger partial charge < -0.3 is 4.74 Å². The maximum Gasteiger partial charge on any atom is 0.410 e. The number of carbonyl (C=O) groups excluding carboxylic acids is 1. The largest absolute Gasteiger partial charge is 0.447 e. The van der Waals surface area contributed by atoms with Gasteiger partial charge in [-0.2, -0.15) is 0 Å². The molecule has 2 heterocycles. The van der Waals surface area contributed by atoms with Crippen LogP contribution in [-0.2, 0) is 4.74 Å². The minimum Gasteiger partial charge on any atom is -0.447 e. The second-order valence-corrected chi connectivity index (χ2v) is 2.55. The third-order valence-corrected chi connectivity index (χ3v) is 1.91. The molecule has 1 atom stereocenters. The number of carbonyl (C=O) groups is 1. The van der Waals surface area contributed by atoms with Crippen molar-refractivity contribution in [2.45, 2.75) is 12.5 Å². The summed E-state index contributed by atoms with van der Waals surface area (Å²) in [6.45, 7) is 1.36. The Bertz CT molecular complexity index is 188. The van der Waals surface area contributed by atoms with E-state index in [-0.39, 0.29) is 12.1 Å². The molecule has 1 amide bonds. The van der Waals surface area contributed by atoms with E-state index in [0.29, 0.717) is 6.61 Å². The SMILES string of the molecule is O=C1OC[C@@H]2C=CCCN12. The summed E-state index contributed by atoms with van der Waals surface area (Å²) >= 11 is 0. The van der Waals surface area contributed by atoms with E-state index in [1.165, 1.54) is 0 Å². The van der Waals surface area contributed by atoms with E-state index < -0.39 is 0 Å². The predicted octanol–water partition coefficient (Wildman–Crippen LogP) is 0.767. The third-order valence-electron chi connectivity index (χ3n) is 1.91. The van der Waals surface area contributed by atoms with Crippen LogP contribution in [0, 0.1) is 0 Å². The molecule has 0 saturated carbocycles. The van der Waals surface area contributed by atoms with Crippen LogP contribution >= 0.6 is 0 Å². The number of ether oxygens (including phenoxy) is 1. The molecule has 3 heteroatoms. The lowest BCUT2D eigenvalue weighted by molar-refractivity contribution is 0.158. The normalized spacial score (nSPS) is 30.2. The number of nitrogens with zero attached hydrogens (tertiary/aromatic N) is 1. The zero-order valence-electron chi connectivity index (χ0n) is 5.62. The standard InChI is InChI=1S/C7H9NO2/c9-7-8-4-2-1-3-6(8)5-10-7/h1,3,6H,2,4-5H2/t6-/m0/s1. The Morgan fingerprint density at radius 3 is 3.40 bits per heavy atom. The highest BCUT2D eigenvalue weighted by Gasteiger charge is 2.31. The zero-order valence-corrected chi connectivity index (χ0v) is 5.62. The summed E-state index contributed by atoms with van der Waals surface area (Å²) in [5.41, 5.74) is 0. The van der Waals surface area contributed by atoms with Gasteiger partial charge >= 0.3 is 6.09 Å². The van der Waals surface area contributed by atoms with Crippen LogP contribution in [0.2, 0.25) is 0 Å². The summed E-state index contributed by atoms with van der Waals surface area (Å²) in [6.07, 6.45) is 4.94. The molecule has 0 aliphatic carbocycles. The monoisotopic (exact) mass is 139 g/mol. The number of cyclic esters (lactones) is 1. The van der Waals surface area contributed by atoms with Crippen molar-refractivity contribution in [3.8, 4) is 0 Å². The van der Waals surface area contributed by atoms with Gasteiger partial charge in [-0.3, -0.25) is 4.90 Å². The Balaban J connectivity index is 2.19. The fraction of sp³-hybridized carbons (Fsp3) is 0.571. The molecule has 1 fully saturated rings. The number of rotatable bonds is 0. The summed E-state index contributed by atoms with van der Waals surface area (Å²) in [6, 6.07) is 0.223. The minimum absolute atomic E-state index is 0.158. The summed E-state index contributed by atoms with van der Waals surface area (Å²) in [5, 5.41) is 0. The van der Waals surface area contributed by atoms with Gasteiger partial charge in [-0.05, 0) is 6.42 Å². The number of amides is 1. The molecule has 2 rings (SSSR count). The molecule has 0 aromatic carbocycles. The fourth-order valence-electron chi connectivity index (χ4n) is 1.35. The van der Waals surface area contributed by atoms with E-state index in [1.807, 2.05) is 6.08 Å². The molecule has 3 nitrogen and oxygen atoms in total. The lowest BCUT2D eigenvalue weighted by Gasteiger charge is -2.20. The first kappa shape index (κ1) is 5.77.